The van der Waals surface area contributed by atoms with Crippen LogP contribution in [0.2, 0.25) is 5.02 Å². The Hall–Kier alpha value is -1.88. The highest BCUT2D eigenvalue weighted by molar-refractivity contribution is 6.31. The second kappa shape index (κ2) is 5.40. The number of carbonyl (C=O) groups is 2. The number of hydrogen-bond donors (Lipinski definition) is 1. The van der Waals surface area contributed by atoms with Crippen molar-refractivity contribution < 1.29 is 14.0 Å². The summed E-state index contributed by atoms with van der Waals surface area (Å²) in [4.78, 5) is 24.7. The molecule has 0 saturated carbocycles. The van der Waals surface area contributed by atoms with Gasteiger partial charge in [-0.1, -0.05) is 18.2 Å². The maximum Gasteiger partial charge on any atom is 0.249 e. The van der Waals surface area contributed by atoms with Crippen molar-refractivity contribution in [2.75, 3.05) is 11.4 Å². The SMILES string of the molecule is C=CC(=O)NC1CCN(c2ccc(F)c(Cl)c2)C1=O. The monoisotopic (exact) mass is 282 g/mol. The summed E-state index contributed by atoms with van der Waals surface area (Å²) in [5, 5.41) is 2.51. The van der Waals surface area contributed by atoms with Crippen molar-refractivity contribution >= 4 is 29.1 Å². The van der Waals surface area contributed by atoms with Crippen LogP contribution in [0.1, 0.15) is 6.42 Å². The molecule has 6 heteroatoms. The summed E-state index contributed by atoms with van der Waals surface area (Å²) in [6, 6.07) is 3.51. The van der Waals surface area contributed by atoms with Crippen LogP contribution in [0.3, 0.4) is 0 Å². The van der Waals surface area contributed by atoms with Crippen LogP contribution < -0.4 is 10.2 Å². The first-order chi connectivity index (χ1) is 9.02. The average Bonchev–Trinajstić information content (AvgIpc) is 2.74. The van der Waals surface area contributed by atoms with Gasteiger partial charge in [0.05, 0.1) is 5.02 Å². The van der Waals surface area contributed by atoms with Crippen LogP contribution in [0.25, 0.3) is 0 Å². The Bertz CT molecular complexity index is 547. The minimum Gasteiger partial charge on any atom is -0.341 e. The van der Waals surface area contributed by atoms with Gasteiger partial charge in [-0.05, 0) is 30.7 Å². The second-order valence-corrected chi connectivity index (χ2v) is 4.55. The van der Waals surface area contributed by atoms with E-state index in [2.05, 4.69) is 11.9 Å². The quantitative estimate of drug-likeness (QED) is 0.861. The molecule has 100 valence electrons. The molecule has 0 aromatic heterocycles. The number of anilines is 1. The number of rotatable bonds is 3. The third kappa shape index (κ3) is 2.76. The van der Waals surface area contributed by atoms with Crippen LogP contribution in [-0.2, 0) is 9.59 Å². The molecule has 19 heavy (non-hydrogen) atoms. The molecule has 1 aromatic carbocycles. The highest BCUT2D eigenvalue weighted by atomic mass is 35.5. The molecular formula is C13H12ClFN2O2. The molecule has 1 N–H and O–H groups in total. The lowest BCUT2D eigenvalue weighted by molar-refractivity contribution is -0.123. The van der Waals surface area contributed by atoms with Crippen LogP contribution in [-0.4, -0.2) is 24.4 Å². The van der Waals surface area contributed by atoms with Crippen LogP contribution >= 0.6 is 11.6 Å². The molecule has 1 saturated heterocycles. The van der Waals surface area contributed by atoms with E-state index in [9.17, 15) is 14.0 Å². The smallest absolute Gasteiger partial charge is 0.249 e. The Morgan fingerprint density at radius 1 is 1.58 bits per heavy atom. The normalized spacial score (nSPS) is 18.5. The van der Waals surface area contributed by atoms with Gasteiger partial charge in [0.2, 0.25) is 11.8 Å². The van der Waals surface area contributed by atoms with Crippen LogP contribution in [0.15, 0.2) is 30.9 Å². The zero-order valence-corrected chi connectivity index (χ0v) is 10.8. The predicted molar refractivity (Wildman–Crippen MR) is 70.5 cm³/mol. The third-order valence-corrected chi connectivity index (χ3v) is 3.21. The fourth-order valence-corrected chi connectivity index (χ4v) is 2.13. The van der Waals surface area contributed by atoms with Gasteiger partial charge < -0.3 is 10.2 Å². The minimum absolute atomic E-state index is 0.0381. The molecule has 2 amide bonds. The van der Waals surface area contributed by atoms with E-state index in [1.54, 1.807) is 0 Å². The van der Waals surface area contributed by atoms with Gasteiger partial charge in [0.25, 0.3) is 0 Å². The van der Waals surface area contributed by atoms with Gasteiger partial charge in [-0.2, -0.15) is 0 Å². The van der Waals surface area contributed by atoms with E-state index in [1.165, 1.54) is 23.1 Å². The van der Waals surface area contributed by atoms with Crippen molar-refractivity contribution in [3.8, 4) is 0 Å². The fraction of sp³-hybridized carbons (Fsp3) is 0.231. The zero-order chi connectivity index (χ0) is 14.0. The van der Waals surface area contributed by atoms with Crippen molar-refractivity contribution in [2.45, 2.75) is 12.5 Å². The summed E-state index contributed by atoms with van der Waals surface area (Å²) in [7, 11) is 0. The highest BCUT2D eigenvalue weighted by Crippen LogP contribution is 2.26. The minimum atomic E-state index is -0.575. The Morgan fingerprint density at radius 2 is 2.32 bits per heavy atom. The second-order valence-electron chi connectivity index (χ2n) is 4.14. The summed E-state index contributed by atoms with van der Waals surface area (Å²) in [5.41, 5.74) is 0.520. The highest BCUT2D eigenvalue weighted by Gasteiger charge is 2.33. The topological polar surface area (TPSA) is 49.4 Å². The predicted octanol–water partition coefficient (Wildman–Crippen LogP) is 1.89. The van der Waals surface area contributed by atoms with E-state index < -0.39 is 17.8 Å². The van der Waals surface area contributed by atoms with Crippen molar-refractivity contribution in [2.24, 2.45) is 0 Å². The number of hydrogen-bond acceptors (Lipinski definition) is 2. The molecule has 1 unspecified atom stereocenters. The molecule has 1 aliphatic rings. The molecule has 1 aliphatic heterocycles. The van der Waals surface area contributed by atoms with Gasteiger partial charge in [0.15, 0.2) is 0 Å². The van der Waals surface area contributed by atoms with E-state index in [0.29, 0.717) is 18.7 Å². The fourth-order valence-electron chi connectivity index (χ4n) is 1.95. The van der Waals surface area contributed by atoms with Crippen molar-refractivity contribution in [3.05, 3.63) is 41.7 Å². The molecule has 0 bridgehead atoms. The van der Waals surface area contributed by atoms with Gasteiger partial charge in [0, 0.05) is 12.2 Å². The first kappa shape index (κ1) is 13.5. The Morgan fingerprint density at radius 3 is 2.95 bits per heavy atom. The lowest BCUT2D eigenvalue weighted by Crippen LogP contribution is -2.40. The average molecular weight is 283 g/mol. The maximum atomic E-state index is 13.1. The van der Waals surface area contributed by atoms with E-state index in [0.717, 1.165) is 6.08 Å². The van der Waals surface area contributed by atoms with Crippen LogP contribution in [0.4, 0.5) is 10.1 Å². The van der Waals surface area contributed by atoms with E-state index in [-0.39, 0.29) is 10.9 Å². The Balaban J connectivity index is 2.15. The maximum absolute atomic E-state index is 13.1. The van der Waals surface area contributed by atoms with Crippen molar-refractivity contribution in [1.82, 2.24) is 5.32 Å². The third-order valence-electron chi connectivity index (χ3n) is 2.92. The standard InChI is InChI=1S/C13H12ClFN2O2/c1-2-12(18)16-11-5-6-17(13(11)19)8-3-4-10(15)9(14)7-8/h2-4,7,11H,1,5-6H2,(H,16,18). The largest absolute Gasteiger partial charge is 0.341 e. The van der Waals surface area contributed by atoms with Gasteiger partial charge in [-0.25, -0.2) is 4.39 Å². The Labute approximate surface area is 114 Å². The summed E-state index contributed by atoms with van der Waals surface area (Å²) in [6.45, 7) is 3.78. The lowest BCUT2D eigenvalue weighted by atomic mass is 10.2. The molecule has 2 rings (SSSR count). The molecule has 1 aromatic rings. The van der Waals surface area contributed by atoms with Gasteiger partial charge in [-0.3, -0.25) is 9.59 Å². The zero-order valence-electron chi connectivity index (χ0n) is 10.0. The number of nitrogens with one attached hydrogen (secondary N) is 1. The number of benzene rings is 1. The molecule has 1 atom stereocenters. The molecule has 0 aliphatic carbocycles. The molecule has 1 fully saturated rings. The molecule has 0 spiro atoms. The van der Waals surface area contributed by atoms with Crippen LogP contribution in [0.5, 0.6) is 0 Å². The van der Waals surface area contributed by atoms with Gasteiger partial charge in [0.1, 0.15) is 11.9 Å². The van der Waals surface area contributed by atoms with E-state index in [1.807, 2.05) is 0 Å². The van der Waals surface area contributed by atoms with E-state index in [4.69, 9.17) is 11.6 Å². The lowest BCUT2D eigenvalue weighted by Gasteiger charge is -2.17. The summed E-state index contributed by atoms with van der Waals surface area (Å²) in [6.07, 6.45) is 1.61. The first-order valence-electron chi connectivity index (χ1n) is 5.72. The Kier molecular flexibility index (Phi) is 3.85. The number of halogens is 2. The molecule has 0 radical (unpaired) electrons. The molecular weight excluding hydrogens is 271 g/mol. The summed E-state index contributed by atoms with van der Waals surface area (Å²) < 4.78 is 13.1. The van der Waals surface area contributed by atoms with Crippen molar-refractivity contribution in [1.29, 1.82) is 0 Å². The van der Waals surface area contributed by atoms with Crippen LogP contribution in [0, 0.1) is 5.82 Å². The van der Waals surface area contributed by atoms with Crippen molar-refractivity contribution in [3.63, 3.8) is 0 Å². The number of carbonyl (C=O) groups excluding carboxylic acids is 2. The summed E-state index contributed by atoms with van der Waals surface area (Å²) in [5.74, 6) is -1.16. The molecule has 1 heterocycles. The van der Waals surface area contributed by atoms with Gasteiger partial charge >= 0.3 is 0 Å². The summed E-state index contributed by atoms with van der Waals surface area (Å²) >= 11 is 5.69. The van der Waals surface area contributed by atoms with Gasteiger partial charge in [-0.15, -0.1) is 0 Å². The van der Waals surface area contributed by atoms with E-state index >= 15 is 0 Å². The first-order valence-corrected chi connectivity index (χ1v) is 6.10. The number of amides is 2. The number of nitrogens with zero attached hydrogens (tertiary/aromatic N) is 1. The molecule has 4 nitrogen and oxygen atoms in total.